The second-order valence-electron chi connectivity index (χ2n) is 8.92. The molecule has 4 aliphatic rings. The molecule has 4 fully saturated rings. The highest BCUT2D eigenvalue weighted by Crippen LogP contribution is 2.65. The molecule has 4 saturated carbocycles. The summed E-state index contributed by atoms with van der Waals surface area (Å²) in [6.45, 7) is 2.56. The highest BCUT2D eigenvalue weighted by atomic mass is 16.3. The largest absolute Gasteiger partial charge is 0.396 e. The minimum Gasteiger partial charge on any atom is -0.396 e. The van der Waals surface area contributed by atoms with Crippen LogP contribution in [0.1, 0.15) is 64.7 Å². The second kappa shape index (κ2) is 5.04. The molecule has 0 amide bonds. The first-order chi connectivity index (χ1) is 10.5. The smallest absolute Gasteiger partial charge is 0.133 e. The van der Waals surface area contributed by atoms with E-state index < -0.39 is 0 Å². The van der Waals surface area contributed by atoms with Crippen molar-refractivity contribution in [1.29, 1.82) is 0 Å². The lowest BCUT2D eigenvalue weighted by Crippen LogP contribution is -2.56. The highest BCUT2D eigenvalue weighted by Gasteiger charge is 2.61. The van der Waals surface area contributed by atoms with Crippen LogP contribution in [0.15, 0.2) is 0 Å². The van der Waals surface area contributed by atoms with Crippen LogP contribution < -0.4 is 0 Å². The van der Waals surface area contributed by atoms with Gasteiger partial charge in [-0.25, -0.2) is 0 Å². The Kier molecular flexibility index (Phi) is 3.47. The number of aliphatic hydroxyl groups excluding tert-OH is 2. The van der Waals surface area contributed by atoms with Gasteiger partial charge in [0.1, 0.15) is 5.78 Å². The van der Waals surface area contributed by atoms with Crippen LogP contribution in [0.5, 0.6) is 0 Å². The Bertz CT molecular complexity index is 475. The first-order valence-electron chi connectivity index (χ1n) is 9.32. The van der Waals surface area contributed by atoms with Crippen molar-refractivity contribution in [1.82, 2.24) is 0 Å². The molecule has 22 heavy (non-hydrogen) atoms. The molecule has 3 nitrogen and oxygen atoms in total. The molecule has 0 aliphatic heterocycles. The first kappa shape index (κ1) is 15.1. The van der Waals surface area contributed by atoms with Gasteiger partial charge in [-0.3, -0.25) is 4.79 Å². The monoisotopic (exact) mass is 306 g/mol. The molecule has 3 heteroatoms. The number of hydrogen-bond acceptors (Lipinski definition) is 3. The predicted octanol–water partition coefficient (Wildman–Crippen LogP) is 2.93. The number of ketones is 1. The fraction of sp³-hybridized carbons (Fsp3) is 0.947. The standard InChI is InChI=1S/C19H30O3/c1-18-8-7-16-14(15(18)4-5-17(18)22)3-2-12-10-13(21)6-9-19(12,16)11-20/h12,14-17,20,22H,2-11H2,1H3/t12?,14-,15-,16+,17?,18-,19+/m0/s1. The molecule has 0 saturated heterocycles. The maximum Gasteiger partial charge on any atom is 0.133 e. The van der Waals surface area contributed by atoms with Crippen molar-refractivity contribution in [3.63, 3.8) is 0 Å². The van der Waals surface area contributed by atoms with E-state index in [2.05, 4.69) is 6.92 Å². The zero-order valence-electron chi connectivity index (χ0n) is 13.8. The van der Waals surface area contributed by atoms with Crippen LogP contribution >= 0.6 is 0 Å². The van der Waals surface area contributed by atoms with E-state index in [0.29, 0.717) is 42.3 Å². The third-order valence-electron chi connectivity index (χ3n) is 8.42. The lowest BCUT2D eigenvalue weighted by molar-refractivity contribution is -0.155. The molecule has 0 aromatic heterocycles. The molecular formula is C19H30O3. The predicted molar refractivity (Wildman–Crippen MR) is 84.2 cm³/mol. The zero-order valence-corrected chi connectivity index (χ0v) is 13.8. The Labute approximate surface area is 133 Å². The molecular weight excluding hydrogens is 276 g/mol. The summed E-state index contributed by atoms with van der Waals surface area (Å²) in [5, 5.41) is 20.8. The summed E-state index contributed by atoms with van der Waals surface area (Å²) in [4.78, 5) is 11.9. The summed E-state index contributed by atoms with van der Waals surface area (Å²) in [5.41, 5.74) is 0.112. The topological polar surface area (TPSA) is 57.5 Å². The van der Waals surface area contributed by atoms with E-state index >= 15 is 0 Å². The van der Waals surface area contributed by atoms with E-state index in [4.69, 9.17) is 0 Å². The van der Waals surface area contributed by atoms with Crippen molar-refractivity contribution < 1.29 is 15.0 Å². The maximum atomic E-state index is 11.9. The Morgan fingerprint density at radius 2 is 1.91 bits per heavy atom. The van der Waals surface area contributed by atoms with Crippen LogP contribution in [-0.4, -0.2) is 28.7 Å². The lowest BCUT2D eigenvalue weighted by atomic mass is 9.45. The van der Waals surface area contributed by atoms with Gasteiger partial charge in [0.25, 0.3) is 0 Å². The van der Waals surface area contributed by atoms with Gasteiger partial charge >= 0.3 is 0 Å². The molecule has 124 valence electrons. The van der Waals surface area contributed by atoms with E-state index in [-0.39, 0.29) is 23.5 Å². The van der Waals surface area contributed by atoms with Crippen molar-refractivity contribution >= 4 is 5.78 Å². The van der Waals surface area contributed by atoms with Crippen molar-refractivity contribution in [3.05, 3.63) is 0 Å². The Hall–Kier alpha value is -0.410. The van der Waals surface area contributed by atoms with Gasteiger partial charge in [0, 0.05) is 24.9 Å². The van der Waals surface area contributed by atoms with Crippen molar-refractivity contribution in [3.8, 4) is 0 Å². The summed E-state index contributed by atoms with van der Waals surface area (Å²) in [6.07, 6.45) is 8.81. The van der Waals surface area contributed by atoms with E-state index in [1.54, 1.807) is 0 Å². The molecule has 7 atom stereocenters. The summed E-state index contributed by atoms with van der Waals surface area (Å²) < 4.78 is 0. The highest BCUT2D eigenvalue weighted by molar-refractivity contribution is 5.79. The average molecular weight is 306 g/mol. The van der Waals surface area contributed by atoms with Crippen LogP contribution in [0.2, 0.25) is 0 Å². The quantitative estimate of drug-likeness (QED) is 0.783. The SMILES string of the molecule is C[C@]12CC[C@@H]3[C@@H](CCC4CC(=O)CC[C@@]43CO)[C@@H]1CCC2O. The zero-order chi connectivity index (χ0) is 15.5. The van der Waals surface area contributed by atoms with Crippen LogP contribution in [0, 0.1) is 34.5 Å². The van der Waals surface area contributed by atoms with Gasteiger partial charge < -0.3 is 10.2 Å². The van der Waals surface area contributed by atoms with Crippen LogP contribution in [0.4, 0.5) is 0 Å². The molecule has 4 aliphatic carbocycles. The minimum atomic E-state index is -0.130. The van der Waals surface area contributed by atoms with Crippen molar-refractivity contribution in [2.45, 2.75) is 70.8 Å². The fourth-order valence-corrected chi connectivity index (χ4v) is 7.13. The lowest BCUT2D eigenvalue weighted by Gasteiger charge is -2.60. The molecule has 0 radical (unpaired) electrons. The Morgan fingerprint density at radius 1 is 1.09 bits per heavy atom. The maximum absolute atomic E-state index is 11.9. The number of fused-ring (bicyclic) bond motifs is 5. The number of carbonyl (C=O) groups excluding carboxylic acids is 1. The Morgan fingerprint density at radius 3 is 2.68 bits per heavy atom. The summed E-state index contributed by atoms with van der Waals surface area (Å²) in [7, 11) is 0. The normalized spacial score (nSPS) is 54.5. The van der Waals surface area contributed by atoms with Gasteiger partial charge in [0.15, 0.2) is 0 Å². The average Bonchev–Trinajstić information content (AvgIpc) is 2.82. The molecule has 4 rings (SSSR count). The molecule has 0 heterocycles. The number of carbonyl (C=O) groups is 1. The number of Topliss-reactive ketones (excluding diaryl/α,β-unsaturated/α-hetero) is 1. The van der Waals surface area contributed by atoms with E-state index in [1.807, 2.05) is 0 Å². The Balaban J connectivity index is 1.66. The molecule has 2 N–H and O–H groups in total. The van der Waals surface area contributed by atoms with Crippen LogP contribution in [0.25, 0.3) is 0 Å². The van der Waals surface area contributed by atoms with Gasteiger partial charge in [0.05, 0.1) is 6.10 Å². The summed E-state index contributed by atoms with van der Waals surface area (Å²) >= 11 is 0. The van der Waals surface area contributed by atoms with E-state index in [1.165, 1.54) is 6.42 Å². The van der Waals surface area contributed by atoms with Crippen LogP contribution in [-0.2, 0) is 4.79 Å². The van der Waals surface area contributed by atoms with Gasteiger partial charge in [-0.05, 0) is 74.0 Å². The van der Waals surface area contributed by atoms with Gasteiger partial charge in [0.2, 0.25) is 0 Å². The molecule has 0 bridgehead atoms. The van der Waals surface area contributed by atoms with Gasteiger partial charge in [-0.2, -0.15) is 0 Å². The van der Waals surface area contributed by atoms with E-state index in [9.17, 15) is 15.0 Å². The molecule has 0 spiro atoms. The molecule has 2 unspecified atom stereocenters. The van der Waals surface area contributed by atoms with Crippen LogP contribution in [0.3, 0.4) is 0 Å². The summed E-state index contributed by atoms with van der Waals surface area (Å²) in [6, 6.07) is 0. The fourth-order valence-electron chi connectivity index (χ4n) is 7.13. The van der Waals surface area contributed by atoms with Gasteiger partial charge in [-0.15, -0.1) is 0 Å². The number of rotatable bonds is 1. The minimum absolute atomic E-state index is 0.00565. The van der Waals surface area contributed by atoms with E-state index in [0.717, 1.165) is 38.5 Å². The van der Waals surface area contributed by atoms with Crippen molar-refractivity contribution in [2.24, 2.45) is 34.5 Å². The third kappa shape index (κ3) is 1.84. The third-order valence-corrected chi connectivity index (χ3v) is 8.42. The first-order valence-corrected chi connectivity index (χ1v) is 9.32. The molecule has 0 aromatic carbocycles. The number of aliphatic hydroxyl groups is 2. The van der Waals surface area contributed by atoms with Crippen molar-refractivity contribution in [2.75, 3.05) is 6.61 Å². The summed E-state index contributed by atoms with van der Waals surface area (Å²) in [5.74, 6) is 2.68. The second-order valence-corrected chi connectivity index (χ2v) is 8.92. The molecule has 0 aromatic rings. The number of hydrogen-bond donors (Lipinski definition) is 2. The van der Waals surface area contributed by atoms with Gasteiger partial charge in [-0.1, -0.05) is 6.92 Å².